The largest absolute Gasteiger partial charge is 0.324 e. The first-order chi connectivity index (χ1) is 6.16. The zero-order valence-electron chi connectivity index (χ0n) is 8.18. The molecular weight excluding hydrogens is 273 g/mol. The topological polar surface area (TPSA) is 26.0 Å². The monoisotopic (exact) mass is 289 g/mol. The van der Waals surface area contributed by atoms with Crippen LogP contribution in [0.1, 0.15) is 36.9 Å². The maximum atomic E-state index is 6.07. The molecule has 0 radical (unpaired) electrons. The molecule has 1 unspecified atom stereocenters. The van der Waals surface area contributed by atoms with E-state index < -0.39 is 0 Å². The summed E-state index contributed by atoms with van der Waals surface area (Å²) in [6, 6.07) is 6.55. The van der Waals surface area contributed by atoms with Crippen molar-refractivity contribution in [2.75, 3.05) is 0 Å². The third kappa shape index (κ3) is 2.68. The molecule has 72 valence electrons. The maximum Gasteiger partial charge on any atom is 0.0297 e. The zero-order chi connectivity index (χ0) is 9.84. The Balaban J connectivity index is 2.93. The van der Waals surface area contributed by atoms with E-state index in [2.05, 4.69) is 54.6 Å². The van der Waals surface area contributed by atoms with Crippen LogP contribution in [0.2, 0.25) is 0 Å². The molecule has 0 aliphatic heterocycles. The van der Waals surface area contributed by atoms with Crippen molar-refractivity contribution in [1.82, 2.24) is 0 Å². The standard InChI is InChI=1S/C11H16IN/c1-3-5-11(13)9-6-4-7-10(12)8(9)2/h4,6-7,11H,3,5,13H2,1-2H3. The minimum Gasteiger partial charge on any atom is -0.324 e. The van der Waals surface area contributed by atoms with Crippen molar-refractivity contribution in [2.24, 2.45) is 5.73 Å². The second-order valence-electron chi connectivity index (χ2n) is 3.35. The van der Waals surface area contributed by atoms with Gasteiger partial charge < -0.3 is 5.73 Å². The summed E-state index contributed by atoms with van der Waals surface area (Å²) >= 11 is 2.36. The highest BCUT2D eigenvalue weighted by molar-refractivity contribution is 14.1. The molecule has 0 spiro atoms. The number of rotatable bonds is 3. The Kier molecular flexibility index (Phi) is 4.19. The van der Waals surface area contributed by atoms with E-state index in [1.165, 1.54) is 14.7 Å². The summed E-state index contributed by atoms with van der Waals surface area (Å²) in [5, 5.41) is 0. The van der Waals surface area contributed by atoms with Crippen LogP contribution >= 0.6 is 22.6 Å². The van der Waals surface area contributed by atoms with Gasteiger partial charge in [0.2, 0.25) is 0 Å². The van der Waals surface area contributed by atoms with Gasteiger partial charge in [-0.2, -0.15) is 0 Å². The molecule has 0 saturated heterocycles. The summed E-state index contributed by atoms with van der Waals surface area (Å²) in [6.07, 6.45) is 2.22. The summed E-state index contributed by atoms with van der Waals surface area (Å²) < 4.78 is 1.31. The van der Waals surface area contributed by atoms with Crippen LogP contribution < -0.4 is 5.73 Å². The summed E-state index contributed by atoms with van der Waals surface area (Å²) in [5.41, 5.74) is 8.71. The molecule has 1 rings (SSSR count). The van der Waals surface area contributed by atoms with Crippen LogP contribution in [0.4, 0.5) is 0 Å². The fourth-order valence-corrected chi connectivity index (χ4v) is 2.01. The fraction of sp³-hybridized carbons (Fsp3) is 0.455. The average Bonchev–Trinajstić information content (AvgIpc) is 2.10. The van der Waals surface area contributed by atoms with Crippen LogP contribution in [-0.2, 0) is 0 Å². The van der Waals surface area contributed by atoms with Gasteiger partial charge in [0.05, 0.1) is 0 Å². The van der Waals surface area contributed by atoms with Crippen molar-refractivity contribution in [3.8, 4) is 0 Å². The predicted molar refractivity (Wildman–Crippen MR) is 65.7 cm³/mol. The maximum absolute atomic E-state index is 6.07. The molecule has 1 atom stereocenters. The first-order valence-corrected chi connectivity index (χ1v) is 5.75. The second-order valence-corrected chi connectivity index (χ2v) is 4.51. The summed E-state index contributed by atoms with van der Waals surface area (Å²) in [5.74, 6) is 0. The first-order valence-electron chi connectivity index (χ1n) is 4.67. The molecule has 2 heteroatoms. The minimum atomic E-state index is 0.208. The quantitative estimate of drug-likeness (QED) is 0.848. The smallest absolute Gasteiger partial charge is 0.0297 e. The molecule has 0 saturated carbocycles. The highest BCUT2D eigenvalue weighted by Gasteiger charge is 2.08. The van der Waals surface area contributed by atoms with Crippen LogP contribution in [0, 0.1) is 10.5 Å². The third-order valence-corrected chi connectivity index (χ3v) is 3.48. The summed E-state index contributed by atoms with van der Waals surface area (Å²) in [7, 11) is 0. The van der Waals surface area contributed by atoms with Crippen LogP contribution in [0.15, 0.2) is 18.2 Å². The fourth-order valence-electron chi connectivity index (χ4n) is 1.49. The highest BCUT2D eigenvalue weighted by atomic mass is 127. The van der Waals surface area contributed by atoms with E-state index in [-0.39, 0.29) is 6.04 Å². The Morgan fingerprint density at radius 2 is 2.15 bits per heavy atom. The van der Waals surface area contributed by atoms with Crippen LogP contribution in [0.3, 0.4) is 0 Å². The molecule has 0 aromatic heterocycles. The van der Waals surface area contributed by atoms with Gasteiger partial charge in [0.25, 0.3) is 0 Å². The Morgan fingerprint density at radius 3 is 2.77 bits per heavy atom. The van der Waals surface area contributed by atoms with E-state index in [4.69, 9.17) is 5.73 Å². The van der Waals surface area contributed by atoms with Crippen LogP contribution in [0.5, 0.6) is 0 Å². The SMILES string of the molecule is CCCC(N)c1cccc(I)c1C. The van der Waals surface area contributed by atoms with E-state index in [0.29, 0.717) is 0 Å². The van der Waals surface area contributed by atoms with Crippen molar-refractivity contribution in [2.45, 2.75) is 32.7 Å². The van der Waals surface area contributed by atoms with Gasteiger partial charge in [-0.15, -0.1) is 0 Å². The van der Waals surface area contributed by atoms with Gasteiger partial charge in [-0.1, -0.05) is 25.5 Å². The van der Waals surface area contributed by atoms with Gasteiger partial charge in [-0.25, -0.2) is 0 Å². The first kappa shape index (κ1) is 11.0. The molecule has 1 aromatic carbocycles. The molecule has 1 nitrogen and oxygen atoms in total. The summed E-state index contributed by atoms with van der Waals surface area (Å²) in [6.45, 7) is 4.32. The van der Waals surface area contributed by atoms with Gasteiger partial charge in [0, 0.05) is 9.61 Å². The molecule has 0 heterocycles. The molecule has 0 aliphatic rings. The van der Waals surface area contributed by atoms with Gasteiger partial charge in [-0.05, 0) is 53.1 Å². The lowest BCUT2D eigenvalue weighted by Gasteiger charge is -2.14. The van der Waals surface area contributed by atoms with Crippen molar-refractivity contribution < 1.29 is 0 Å². The van der Waals surface area contributed by atoms with Crippen molar-refractivity contribution >= 4 is 22.6 Å². The van der Waals surface area contributed by atoms with Gasteiger partial charge in [-0.3, -0.25) is 0 Å². The van der Waals surface area contributed by atoms with Crippen LogP contribution in [0.25, 0.3) is 0 Å². The molecule has 0 bridgehead atoms. The molecule has 0 fully saturated rings. The van der Waals surface area contributed by atoms with E-state index >= 15 is 0 Å². The van der Waals surface area contributed by atoms with E-state index in [1.807, 2.05) is 0 Å². The van der Waals surface area contributed by atoms with Gasteiger partial charge in [0.1, 0.15) is 0 Å². The molecule has 0 amide bonds. The van der Waals surface area contributed by atoms with Crippen LogP contribution in [-0.4, -0.2) is 0 Å². The Labute approximate surface area is 93.9 Å². The van der Waals surface area contributed by atoms with E-state index in [9.17, 15) is 0 Å². The molecule has 13 heavy (non-hydrogen) atoms. The number of hydrogen-bond acceptors (Lipinski definition) is 1. The zero-order valence-corrected chi connectivity index (χ0v) is 10.3. The number of halogens is 1. The molecule has 0 aliphatic carbocycles. The van der Waals surface area contributed by atoms with Gasteiger partial charge >= 0.3 is 0 Å². The lowest BCUT2D eigenvalue weighted by molar-refractivity contribution is 0.635. The Morgan fingerprint density at radius 1 is 1.46 bits per heavy atom. The second kappa shape index (κ2) is 4.96. The normalized spacial score (nSPS) is 12.9. The predicted octanol–water partition coefficient (Wildman–Crippen LogP) is 3.40. The van der Waals surface area contributed by atoms with Crippen molar-refractivity contribution in [1.29, 1.82) is 0 Å². The lowest BCUT2D eigenvalue weighted by Crippen LogP contribution is -2.11. The number of hydrogen-bond donors (Lipinski definition) is 1. The van der Waals surface area contributed by atoms with E-state index in [0.717, 1.165) is 12.8 Å². The van der Waals surface area contributed by atoms with E-state index in [1.54, 1.807) is 0 Å². The number of benzene rings is 1. The Bertz CT molecular complexity index is 283. The summed E-state index contributed by atoms with van der Waals surface area (Å²) in [4.78, 5) is 0. The van der Waals surface area contributed by atoms with Crippen molar-refractivity contribution in [3.05, 3.63) is 32.9 Å². The molecule has 2 N–H and O–H groups in total. The van der Waals surface area contributed by atoms with Crippen molar-refractivity contribution in [3.63, 3.8) is 0 Å². The highest BCUT2D eigenvalue weighted by Crippen LogP contribution is 2.23. The van der Waals surface area contributed by atoms with Gasteiger partial charge in [0.15, 0.2) is 0 Å². The minimum absolute atomic E-state index is 0.208. The third-order valence-electron chi connectivity index (χ3n) is 2.31. The average molecular weight is 289 g/mol. The Hall–Kier alpha value is -0.0900. The molecule has 1 aromatic rings. The molecular formula is C11H16IN. The number of nitrogens with two attached hydrogens (primary N) is 1. The lowest BCUT2D eigenvalue weighted by atomic mass is 9.99.